The number of carbonyl (C=O) groups is 4. The first-order valence-corrected chi connectivity index (χ1v) is 2.19. The summed E-state index contributed by atoms with van der Waals surface area (Å²) in [5.41, 5.74) is 0. The number of carboxylic acids is 4. The third kappa shape index (κ3) is 32.2. The number of aliphatic carboxylic acids is 4. The van der Waals surface area contributed by atoms with Crippen LogP contribution >= 0.6 is 0 Å². The summed E-state index contributed by atoms with van der Waals surface area (Å²) in [5, 5.41) is 31.1. The van der Waals surface area contributed by atoms with Gasteiger partial charge in [0.2, 0.25) is 0 Å². The Morgan fingerprint density at radius 2 is 0.933 bits per heavy atom. The molecule has 0 aromatic heterocycles. The van der Waals surface area contributed by atoms with Gasteiger partial charge in [0.1, 0.15) is 0 Å². The van der Waals surface area contributed by atoms with Crippen LogP contribution < -0.4 is 11.3 Å². The van der Waals surface area contributed by atoms with Gasteiger partial charge in [0.25, 0.3) is 0 Å². The van der Waals surface area contributed by atoms with Crippen LogP contribution in [-0.2, 0) is 51.9 Å². The van der Waals surface area contributed by atoms with Gasteiger partial charge in [-0.05, 0) is 0 Å². The number of quaternary nitrogens is 1. The van der Waals surface area contributed by atoms with Gasteiger partial charge in [-0.15, -0.1) is 0 Å². The minimum atomic E-state index is -2.07. The first kappa shape index (κ1) is 29.2. The van der Waals surface area contributed by atoms with Crippen molar-refractivity contribution >= 4 is 23.9 Å². The van der Waals surface area contributed by atoms with Crippen molar-refractivity contribution in [3.05, 3.63) is 0 Å². The van der Waals surface area contributed by atoms with Crippen LogP contribution in [-0.4, -0.2) is 44.7 Å². The Kier molecular flexibility index (Phi) is 29.9. The Labute approximate surface area is 108 Å². The Balaban J connectivity index is -0.0000000370. The minimum absolute atomic E-state index is 0. The van der Waals surface area contributed by atoms with Crippen molar-refractivity contribution in [2.45, 2.75) is 0 Å². The molecule has 0 aromatic carbocycles. The van der Waals surface area contributed by atoms with Gasteiger partial charge in [-0.3, -0.25) is 0 Å². The largest absolute Gasteiger partial charge is 0.539 e. The van der Waals surface area contributed by atoms with Gasteiger partial charge >= 0.3 is 17.9 Å². The minimum Gasteiger partial charge on any atom is -0.539 e. The van der Waals surface area contributed by atoms with Crippen LogP contribution in [0.1, 0.15) is 0 Å². The first-order valence-electron chi connectivity index (χ1n) is 2.19. The maximum absolute atomic E-state index is 9.10. The number of carboxylic acid groups (broad SMARTS) is 4. The maximum Gasteiger partial charge on any atom is 0.414 e. The van der Waals surface area contributed by atoms with Gasteiger partial charge in [-0.2, -0.15) is 0 Å². The van der Waals surface area contributed by atoms with Crippen molar-refractivity contribution in [2.75, 3.05) is 0 Å². The van der Waals surface area contributed by atoms with E-state index in [1.54, 1.807) is 0 Å². The molecule has 0 saturated carbocycles. The van der Waals surface area contributed by atoms with Gasteiger partial charge in [0.15, 0.2) is 5.97 Å². The molecule has 15 heavy (non-hydrogen) atoms. The molecular weight excluding hydrogens is 295 g/mol. The summed E-state index contributed by atoms with van der Waals surface area (Å²) in [4.78, 5) is 36.2. The molecule has 0 spiro atoms. The SMILES string of the molecule is O.O=C(O)C(=O)O.O=C([O-])C(=O)O.[NH4+].[Y]. The Bertz CT molecular complexity index is 178. The Hall–Kier alpha value is -1.10. The fourth-order valence-corrected chi connectivity index (χ4v) is 0. The van der Waals surface area contributed by atoms with Crippen LogP contribution in [0, 0.1) is 0 Å². The Morgan fingerprint density at radius 3 is 0.933 bits per heavy atom. The molecule has 0 rings (SSSR count). The molecular formula is C4H9NO9Y. The fourth-order valence-electron chi connectivity index (χ4n) is 0. The second-order valence-corrected chi connectivity index (χ2v) is 1.20. The van der Waals surface area contributed by atoms with Gasteiger partial charge < -0.3 is 36.8 Å². The summed E-state index contributed by atoms with van der Waals surface area (Å²) in [7, 11) is 0. The first-order chi connectivity index (χ1) is 5.29. The molecule has 87 valence electrons. The van der Waals surface area contributed by atoms with E-state index in [-0.39, 0.29) is 44.3 Å². The molecule has 11 heteroatoms. The quantitative estimate of drug-likeness (QED) is 0.328. The van der Waals surface area contributed by atoms with E-state index >= 15 is 0 Å². The summed E-state index contributed by atoms with van der Waals surface area (Å²) in [6, 6.07) is 0. The number of hydrogen-bond acceptors (Lipinski definition) is 5. The van der Waals surface area contributed by atoms with Crippen LogP contribution in [0.4, 0.5) is 0 Å². The zero-order valence-electron chi connectivity index (χ0n) is 7.46. The van der Waals surface area contributed by atoms with Crippen LogP contribution in [0.15, 0.2) is 0 Å². The number of carbonyl (C=O) groups excluding carboxylic acids is 1. The second kappa shape index (κ2) is 15.4. The molecule has 0 saturated heterocycles. The van der Waals surface area contributed by atoms with Gasteiger partial charge in [-0.25, -0.2) is 14.4 Å². The topological polar surface area (TPSA) is 220 Å². The molecule has 0 atom stereocenters. The average molecular weight is 304 g/mol. The molecule has 0 aliphatic carbocycles. The Morgan fingerprint density at radius 1 is 0.800 bits per heavy atom. The third-order valence-corrected chi connectivity index (χ3v) is 0.358. The molecule has 0 bridgehead atoms. The summed E-state index contributed by atoms with van der Waals surface area (Å²) in [6.07, 6.45) is 0. The van der Waals surface area contributed by atoms with Crippen LogP contribution in [0.2, 0.25) is 0 Å². The molecule has 9 N–H and O–H groups in total. The predicted octanol–water partition coefficient (Wildman–Crippen LogP) is -3.47. The molecule has 0 fully saturated rings. The summed E-state index contributed by atoms with van der Waals surface area (Å²) >= 11 is 0. The second-order valence-electron chi connectivity index (χ2n) is 1.20. The van der Waals surface area contributed by atoms with E-state index in [0.29, 0.717) is 0 Å². The maximum atomic E-state index is 9.10. The van der Waals surface area contributed by atoms with Crippen molar-refractivity contribution in [1.29, 1.82) is 0 Å². The van der Waals surface area contributed by atoms with Gasteiger partial charge in [0, 0.05) is 32.7 Å². The summed E-state index contributed by atoms with van der Waals surface area (Å²) < 4.78 is 0. The van der Waals surface area contributed by atoms with Crippen LogP contribution in [0.25, 0.3) is 0 Å². The van der Waals surface area contributed by atoms with Crippen LogP contribution in [0.3, 0.4) is 0 Å². The van der Waals surface area contributed by atoms with E-state index in [2.05, 4.69) is 0 Å². The van der Waals surface area contributed by atoms with Gasteiger partial charge in [0.05, 0.1) is 0 Å². The van der Waals surface area contributed by atoms with E-state index in [9.17, 15) is 0 Å². The standard InChI is InChI=1S/2C2H2O4.H3N.H2O.Y/c2*3-1(4)2(5)6;;;/h2*(H,3,4)(H,5,6);1H3;1H2;. The molecule has 0 amide bonds. The number of rotatable bonds is 0. The van der Waals surface area contributed by atoms with Crippen molar-refractivity contribution in [3.63, 3.8) is 0 Å². The van der Waals surface area contributed by atoms with Crippen molar-refractivity contribution in [1.82, 2.24) is 6.15 Å². The van der Waals surface area contributed by atoms with E-state index in [0.717, 1.165) is 0 Å². The van der Waals surface area contributed by atoms with E-state index < -0.39 is 23.9 Å². The van der Waals surface area contributed by atoms with Gasteiger partial charge in [-0.1, -0.05) is 0 Å². The van der Waals surface area contributed by atoms with E-state index in [1.165, 1.54) is 0 Å². The average Bonchev–Trinajstić information content (AvgIpc) is 1.88. The zero-order valence-corrected chi connectivity index (χ0v) is 10.3. The van der Waals surface area contributed by atoms with Crippen molar-refractivity contribution in [3.8, 4) is 0 Å². The van der Waals surface area contributed by atoms with Crippen LogP contribution in [0.5, 0.6) is 0 Å². The van der Waals surface area contributed by atoms with Crippen molar-refractivity contribution in [2.24, 2.45) is 0 Å². The molecule has 0 aromatic rings. The summed E-state index contributed by atoms with van der Waals surface area (Å²) in [6.45, 7) is 0. The fraction of sp³-hybridized carbons (Fsp3) is 0. The van der Waals surface area contributed by atoms with E-state index in [4.69, 9.17) is 39.6 Å². The molecule has 10 nitrogen and oxygen atoms in total. The number of hydrogen-bond donors (Lipinski definition) is 4. The predicted molar refractivity (Wildman–Crippen MR) is 37.5 cm³/mol. The monoisotopic (exact) mass is 304 g/mol. The third-order valence-electron chi connectivity index (χ3n) is 0.358. The molecule has 0 heterocycles. The van der Waals surface area contributed by atoms with Crippen molar-refractivity contribution < 1.29 is 77.8 Å². The smallest absolute Gasteiger partial charge is 0.414 e. The van der Waals surface area contributed by atoms with E-state index in [1.807, 2.05) is 0 Å². The normalized spacial score (nSPS) is 5.87. The zero-order chi connectivity index (χ0) is 10.3. The molecule has 0 aliphatic heterocycles. The molecule has 0 aliphatic rings. The summed E-state index contributed by atoms with van der Waals surface area (Å²) in [5.74, 6) is -7.66. The molecule has 1 radical (unpaired) electrons. The molecule has 0 unspecified atom stereocenters.